The molecule has 100 valence electrons. The zero-order valence-electron chi connectivity index (χ0n) is 11.9. The third-order valence-corrected chi connectivity index (χ3v) is 2.84. The van der Waals surface area contributed by atoms with E-state index in [-0.39, 0.29) is 16.6 Å². The van der Waals surface area contributed by atoms with Gasteiger partial charge in [0.15, 0.2) is 0 Å². The van der Waals surface area contributed by atoms with Gasteiger partial charge in [0.05, 0.1) is 0 Å². The minimum atomic E-state index is -1.78. The van der Waals surface area contributed by atoms with Crippen LogP contribution in [0.25, 0.3) is 0 Å². The molecule has 2 nitrogen and oxygen atoms in total. The summed E-state index contributed by atoms with van der Waals surface area (Å²) in [6, 6.07) is 5.51. The molecule has 0 unspecified atom stereocenters. The molecule has 18 heavy (non-hydrogen) atoms. The molecule has 0 spiro atoms. The number of rotatable bonds is 1. The van der Waals surface area contributed by atoms with Crippen LogP contribution in [0.3, 0.4) is 0 Å². The highest BCUT2D eigenvalue weighted by Crippen LogP contribution is 2.32. The van der Waals surface area contributed by atoms with Crippen molar-refractivity contribution in [1.29, 1.82) is 0 Å². The molecule has 0 N–H and O–H groups in total. The fourth-order valence-corrected chi connectivity index (χ4v) is 1.62. The Balaban J connectivity index is 3.34. The lowest BCUT2D eigenvalue weighted by Gasteiger charge is -2.25. The normalized spacial score (nSPS) is 12.4. The van der Waals surface area contributed by atoms with Gasteiger partial charge in [-0.3, -0.25) is 0 Å². The molecule has 0 atom stereocenters. The quantitative estimate of drug-likeness (QED) is 0.674. The van der Waals surface area contributed by atoms with Gasteiger partial charge in [0.2, 0.25) is 0 Å². The number of ether oxygens (including phenoxy) is 1. The summed E-state index contributed by atoms with van der Waals surface area (Å²) < 4.78 is 17.0. The van der Waals surface area contributed by atoms with E-state index in [0.29, 0.717) is 0 Å². The maximum atomic E-state index is 12.4. The van der Waals surface area contributed by atoms with Crippen molar-refractivity contribution >= 4 is 6.22 Å². The summed E-state index contributed by atoms with van der Waals surface area (Å²) in [5, 5.41) is 0. The van der Waals surface area contributed by atoms with E-state index in [1.54, 1.807) is 12.1 Å². The molecule has 0 saturated carbocycles. The van der Waals surface area contributed by atoms with Crippen LogP contribution in [0.4, 0.5) is 9.18 Å². The van der Waals surface area contributed by atoms with Crippen molar-refractivity contribution in [3.05, 3.63) is 29.3 Å². The van der Waals surface area contributed by atoms with Gasteiger partial charge in [-0.25, -0.2) is 4.79 Å². The van der Waals surface area contributed by atoms with Crippen LogP contribution in [0.5, 0.6) is 5.75 Å². The van der Waals surface area contributed by atoms with Gasteiger partial charge in [-0.2, -0.15) is 0 Å². The van der Waals surface area contributed by atoms with E-state index in [1.165, 1.54) is 0 Å². The van der Waals surface area contributed by atoms with Crippen LogP contribution in [0.2, 0.25) is 0 Å². The molecule has 0 heterocycles. The molecule has 3 heteroatoms. The first-order valence-corrected chi connectivity index (χ1v) is 6.03. The highest BCUT2D eigenvalue weighted by molar-refractivity contribution is 5.62. The molecule has 0 fully saturated rings. The third-order valence-electron chi connectivity index (χ3n) is 2.84. The highest BCUT2D eigenvalue weighted by Gasteiger charge is 2.21. The Morgan fingerprint density at radius 1 is 0.944 bits per heavy atom. The molecule has 0 aliphatic heterocycles. The summed E-state index contributed by atoms with van der Waals surface area (Å²) in [6.07, 6.45) is -1.78. The van der Waals surface area contributed by atoms with Gasteiger partial charge >= 0.3 is 6.22 Å². The maximum absolute atomic E-state index is 12.4. The molecular formula is C15H21FO2. The van der Waals surface area contributed by atoms with Crippen molar-refractivity contribution in [2.24, 2.45) is 0 Å². The Morgan fingerprint density at radius 3 is 1.61 bits per heavy atom. The molecule has 0 aliphatic carbocycles. The van der Waals surface area contributed by atoms with Crippen molar-refractivity contribution in [1.82, 2.24) is 0 Å². The van der Waals surface area contributed by atoms with Crippen LogP contribution >= 0.6 is 0 Å². The number of hydrogen-bond donors (Lipinski definition) is 0. The Kier molecular flexibility index (Phi) is 3.84. The average molecular weight is 252 g/mol. The van der Waals surface area contributed by atoms with Crippen LogP contribution in [-0.2, 0) is 10.8 Å². The summed E-state index contributed by atoms with van der Waals surface area (Å²) in [6.45, 7) is 12.4. The topological polar surface area (TPSA) is 26.3 Å². The first-order chi connectivity index (χ1) is 8.00. The van der Waals surface area contributed by atoms with Gasteiger partial charge in [0.1, 0.15) is 5.75 Å². The zero-order valence-corrected chi connectivity index (χ0v) is 11.9. The second-order valence-corrected chi connectivity index (χ2v) is 6.59. The molecule has 0 saturated heterocycles. The molecule has 1 aromatic rings. The fourth-order valence-electron chi connectivity index (χ4n) is 1.62. The minimum absolute atomic E-state index is 0.0846. The van der Waals surface area contributed by atoms with E-state index >= 15 is 0 Å². The Morgan fingerprint density at radius 2 is 1.33 bits per heavy atom. The maximum Gasteiger partial charge on any atom is 0.500 e. The molecule has 1 rings (SSSR count). The number of carbonyl (C=O) groups is 1. The number of carbonyl (C=O) groups excluding carboxylic acids is 1. The van der Waals surface area contributed by atoms with Gasteiger partial charge in [-0.05, 0) is 34.1 Å². The van der Waals surface area contributed by atoms with Crippen LogP contribution in [0.15, 0.2) is 18.2 Å². The molecule has 0 bridgehead atoms. The van der Waals surface area contributed by atoms with Crippen molar-refractivity contribution in [3.8, 4) is 5.75 Å². The van der Waals surface area contributed by atoms with Gasteiger partial charge in [-0.15, -0.1) is 4.39 Å². The van der Waals surface area contributed by atoms with Crippen LogP contribution in [0.1, 0.15) is 52.7 Å². The lowest BCUT2D eigenvalue weighted by atomic mass is 9.80. The summed E-state index contributed by atoms with van der Waals surface area (Å²) in [5.74, 6) is 0.264. The number of hydrogen-bond acceptors (Lipinski definition) is 2. The molecule has 0 amide bonds. The van der Waals surface area contributed by atoms with Gasteiger partial charge in [-0.1, -0.05) is 47.6 Å². The van der Waals surface area contributed by atoms with E-state index in [0.717, 1.165) is 11.1 Å². The summed E-state index contributed by atoms with van der Waals surface area (Å²) >= 11 is 0. The Bertz CT molecular complexity index is 418. The molecule has 0 aliphatic rings. The average Bonchev–Trinajstić information content (AvgIpc) is 2.13. The van der Waals surface area contributed by atoms with Crippen LogP contribution in [0, 0.1) is 0 Å². The van der Waals surface area contributed by atoms with Crippen molar-refractivity contribution in [3.63, 3.8) is 0 Å². The predicted octanol–water partition coefficient (Wildman–Crippen LogP) is 4.75. The second kappa shape index (κ2) is 4.71. The fraction of sp³-hybridized carbons (Fsp3) is 0.533. The Hall–Kier alpha value is -1.38. The van der Waals surface area contributed by atoms with Crippen molar-refractivity contribution < 1.29 is 13.9 Å². The van der Waals surface area contributed by atoms with E-state index < -0.39 is 6.22 Å². The smallest absolute Gasteiger partial charge is 0.401 e. The first-order valence-electron chi connectivity index (χ1n) is 6.03. The molecule has 0 aromatic heterocycles. The summed E-state index contributed by atoms with van der Waals surface area (Å²) in [7, 11) is 0. The van der Waals surface area contributed by atoms with E-state index in [9.17, 15) is 9.18 Å². The van der Waals surface area contributed by atoms with Gasteiger partial charge in [0, 0.05) is 0 Å². The Labute approximate surface area is 108 Å². The van der Waals surface area contributed by atoms with E-state index in [2.05, 4.69) is 52.3 Å². The van der Waals surface area contributed by atoms with Crippen LogP contribution in [-0.4, -0.2) is 6.22 Å². The first kappa shape index (κ1) is 14.7. The van der Waals surface area contributed by atoms with E-state index in [4.69, 9.17) is 0 Å². The number of benzene rings is 1. The number of halogens is 1. The molecule has 0 radical (unpaired) electrons. The van der Waals surface area contributed by atoms with Crippen molar-refractivity contribution in [2.45, 2.75) is 52.4 Å². The van der Waals surface area contributed by atoms with E-state index in [1.807, 2.05) is 0 Å². The van der Waals surface area contributed by atoms with Gasteiger partial charge in [0.25, 0.3) is 0 Å². The lowest BCUT2D eigenvalue weighted by molar-refractivity contribution is 0.175. The zero-order chi connectivity index (χ0) is 14.1. The molecule has 1 aromatic carbocycles. The molecular weight excluding hydrogens is 231 g/mol. The summed E-state index contributed by atoms with van der Waals surface area (Å²) in [5.41, 5.74) is 1.87. The lowest BCUT2D eigenvalue weighted by Crippen LogP contribution is -2.17. The second-order valence-electron chi connectivity index (χ2n) is 6.59. The third kappa shape index (κ3) is 3.83. The minimum Gasteiger partial charge on any atom is -0.401 e. The predicted molar refractivity (Wildman–Crippen MR) is 71.0 cm³/mol. The monoisotopic (exact) mass is 252 g/mol. The standard InChI is InChI=1S/C15H21FO2/c1-14(2,3)10-7-11(15(4,5)6)9-12(8-10)18-13(16)17/h7-9H,1-6H3. The largest absolute Gasteiger partial charge is 0.500 e. The SMILES string of the molecule is CC(C)(C)c1cc(OC(=O)F)cc(C(C)(C)C)c1. The van der Waals surface area contributed by atoms with Crippen molar-refractivity contribution in [2.75, 3.05) is 0 Å². The summed E-state index contributed by atoms with van der Waals surface area (Å²) in [4.78, 5) is 10.4. The van der Waals surface area contributed by atoms with Gasteiger partial charge < -0.3 is 4.74 Å². The van der Waals surface area contributed by atoms with Crippen LogP contribution < -0.4 is 4.74 Å². The highest BCUT2D eigenvalue weighted by atomic mass is 19.1.